The molecule has 1 aliphatic heterocycles. The number of rotatable bonds is 1. The van der Waals surface area contributed by atoms with E-state index in [-0.39, 0.29) is 24.4 Å². The minimum atomic E-state index is -0.192. The van der Waals surface area contributed by atoms with Gasteiger partial charge in [0.05, 0.1) is 6.04 Å². The number of halogens is 1. The van der Waals surface area contributed by atoms with Gasteiger partial charge in [-0.25, -0.2) is 0 Å². The maximum absolute atomic E-state index is 10.5. The maximum atomic E-state index is 10.5. The second-order valence-electron chi connectivity index (χ2n) is 2.96. The number of fused-ring (bicyclic) bond motifs is 1. The monoisotopic (exact) mass is 162 g/mol. The van der Waals surface area contributed by atoms with Crippen LogP contribution in [0.15, 0.2) is 0 Å². The van der Waals surface area contributed by atoms with Crippen molar-refractivity contribution in [2.45, 2.75) is 24.9 Å². The first-order chi connectivity index (χ1) is 4.27. The summed E-state index contributed by atoms with van der Waals surface area (Å²) in [4.78, 5) is 10.5. The molecule has 2 rings (SSSR count). The van der Waals surface area contributed by atoms with Crippen LogP contribution in [0.2, 0.25) is 0 Å². The van der Waals surface area contributed by atoms with Crippen molar-refractivity contribution < 1.29 is 4.79 Å². The quantitative estimate of drug-likeness (QED) is 0.554. The van der Waals surface area contributed by atoms with Crippen molar-refractivity contribution in [3.8, 4) is 0 Å². The molecular weight excluding hydrogens is 152 g/mol. The SMILES string of the molecule is Cl.NC(=O)[C@@H]1C[C@@H]2C[C@@H]2N1. The van der Waals surface area contributed by atoms with E-state index < -0.39 is 0 Å². The van der Waals surface area contributed by atoms with Crippen molar-refractivity contribution in [1.82, 2.24) is 5.32 Å². The molecule has 0 radical (unpaired) electrons. The van der Waals surface area contributed by atoms with Crippen LogP contribution in [0.1, 0.15) is 12.8 Å². The van der Waals surface area contributed by atoms with Crippen LogP contribution in [0.5, 0.6) is 0 Å². The lowest BCUT2D eigenvalue weighted by molar-refractivity contribution is -0.119. The zero-order valence-corrected chi connectivity index (χ0v) is 6.36. The molecule has 0 spiro atoms. The fraction of sp³-hybridized carbons (Fsp3) is 0.833. The number of primary amides is 1. The molecule has 3 atom stereocenters. The van der Waals surface area contributed by atoms with E-state index in [1.54, 1.807) is 0 Å². The summed E-state index contributed by atoms with van der Waals surface area (Å²) in [5.74, 6) is 0.574. The fourth-order valence-electron chi connectivity index (χ4n) is 1.54. The van der Waals surface area contributed by atoms with Gasteiger partial charge in [-0.05, 0) is 18.8 Å². The molecule has 0 aromatic carbocycles. The molecule has 1 heterocycles. The van der Waals surface area contributed by atoms with Crippen LogP contribution in [0.25, 0.3) is 0 Å². The molecule has 1 amide bonds. The normalized spacial score (nSPS) is 41.8. The van der Waals surface area contributed by atoms with Gasteiger partial charge in [0.25, 0.3) is 0 Å². The van der Waals surface area contributed by atoms with Gasteiger partial charge < -0.3 is 11.1 Å². The van der Waals surface area contributed by atoms with Crippen LogP contribution in [-0.4, -0.2) is 18.0 Å². The Hall–Kier alpha value is -0.280. The lowest BCUT2D eigenvalue weighted by atomic mass is 10.2. The Morgan fingerprint density at radius 1 is 1.50 bits per heavy atom. The molecule has 1 saturated heterocycles. The van der Waals surface area contributed by atoms with Crippen molar-refractivity contribution in [1.29, 1.82) is 0 Å². The highest BCUT2D eigenvalue weighted by atomic mass is 35.5. The van der Waals surface area contributed by atoms with Gasteiger partial charge in [-0.1, -0.05) is 0 Å². The number of piperidine rings is 1. The number of carbonyl (C=O) groups excluding carboxylic acids is 1. The minimum absolute atomic E-state index is 0. The number of hydrogen-bond donors (Lipinski definition) is 2. The summed E-state index contributed by atoms with van der Waals surface area (Å²) in [5, 5.41) is 3.15. The molecular formula is C6H11ClN2O. The number of nitrogens with two attached hydrogens (primary N) is 1. The fourth-order valence-corrected chi connectivity index (χ4v) is 1.54. The van der Waals surface area contributed by atoms with Crippen LogP contribution >= 0.6 is 12.4 Å². The van der Waals surface area contributed by atoms with E-state index in [0.29, 0.717) is 6.04 Å². The third-order valence-electron chi connectivity index (χ3n) is 2.22. The Kier molecular flexibility index (Phi) is 1.88. The van der Waals surface area contributed by atoms with E-state index in [2.05, 4.69) is 5.32 Å². The Bertz CT molecular complexity index is 152. The predicted molar refractivity (Wildman–Crippen MR) is 39.9 cm³/mol. The first kappa shape index (κ1) is 7.82. The van der Waals surface area contributed by atoms with Crippen molar-refractivity contribution in [3.05, 3.63) is 0 Å². The molecule has 2 fully saturated rings. The second-order valence-corrected chi connectivity index (χ2v) is 2.96. The van der Waals surface area contributed by atoms with Gasteiger partial charge in [-0.15, -0.1) is 12.4 Å². The average molecular weight is 163 g/mol. The Labute approximate surface area is 65.8 Å². The van der Waals surface area contributed by atoms with Gasteiger partial charge in [0.15, 0.2) is 0 Å². The molecule has 3 N–H and O–H groups in total. The van der Waals surface area contributed by atoms with Crippen LogP contribution in [0.4, 0.5) is 0 Å². The molecule has 1 saturated carbocycles. The summed E-state index contributed by atoms with van der Waals surface area (Å²) in [6.45, 7) is 0. The van der Waals surface area contributed by atoms with Crippen molar-refractivity contribution in [2.24, 2.45) is 11.7 Å². The zero-order valence-electron chi connectivity index (χ0n) is 5.54. The van der Waals surface area contributed by atoms with E-state index in [0.717, 1.165) is 12.3 Å². The first-order valence-corrected chi connectivity index (χ1v) is 3.33. The van der Waals surface area contributed by atoms with Crippen molar-refractivity contribution in [2.75, 3.05) is 0 Å². The van der Waals surface area contributed by atoms with Gasteiger partial charge in [-0.2, -0.15) is 0 Å². The van der Waals surface area contributed by atoms with Gasteiger partial charge in [0.2, 0.25) is 5.91 Å². The molecule has 0 aromatic rings. The van der Waals surface area contributed by atoms with Crippen molar-refractivity contribution >= 4 is 18.3 Å². The van der Waals surface area contributed by atoms with Crippen LogP contribution < -0.4 is 11.1 Å². The first-order valence-electron chi connectivity index (χ1n) is 3.33. The van der Waals surface area contributed by atoms with Crippen LogP contribution in [0.3, 0.4) is 0 Å². The number of nitrogens with one attached hydrogen (secondary N) is 1. The van der Waals surface area contributed by atoms with Crippen LogP contribution in [0, 0.1) is 5.92 Å². The van der Waals surface area contributed by atoms with E-state index >= 15 is 0 Å². The van der Waals surface area contributed by atoms with Gasteiger partial charge in [-0.3, -0.25) is 4.79 Å². The predicted octanol–water partition coefficient (Wildman–Crippen LogP) is -0.356. The molecule has 2 aliphatic rings. The Morgan fingerprint density at radius 3 is 2.50 bits per heavy atom. The molecule has 10 heavy (non-hydrogen) atoms. The third kappa shape index (κ3) is 1.11. The smallest absolute Gasteiger partial charge is 0.234 e. The maximum Gasteiger partial charge on any atom is 0.234 e. The summed E-state index contributed by atoms with van der Waals surface area (Å²) >= 11 is 0. The topological polar surface area (TPSA) is 55.1 Å². The lowest BCUT2D eigenvalue weighted by Crippen LogP contribution is -2.38. The second kappa shape index (κ2) is 2.40. The summed E-state index contributed by atoms with van der Waals surface area (Å²) < 4.78 is 0. The van der Waals surface area contributed by atoms with E-state index in [9.17, 15) is 4.79 Å². The Balaban J connectivity index is 0.000000500. The Morgan fingerprint density at radius 2 is 2.20 bits per heavy atom. The van der Waals surface area contributed by atoms with Gasteiger partial charge in [0.1, 0.15) is 0 Å². The number of hydrogen-bond acceptors (Lipinski definition) is 2. The summed E-state index contributed by atoms with van der Waals surface area (Å²) in [6.07, 6.45) is 2.23. The highest BCUT2D eigenvalue weighted by molar-refractivity contribution is 5.85. The highest BCUT2D eigenvalue weighted by Gasteiger charge is 2.47. The molecule has 3 nitrogen and oxygen atoms in total. The van der Waals surface area contributed by atoms with Crippen LogP contribution in [-0.2, 0) is 4.79 Å². The van der Waals surface area contributed by atoms with E-state index in [1.807, 2.05) is 0 Å². The molecule has 4 heteroatoms. The third-order valence-corrected chi connectivity index (χ3v) is 2.22. The molecule has 0 unspecified atom stereocenters. The minimum Gasteiger partial charge on any atom is -0.368 e. The lowest BCUT2D eigenvalue weighted by Gasteiger charge is -2.06. The molecule has 0 aromatic heterocycles. The van der Waals surface area contributed by atoms with Gasteiger partial charge in [0, 0.05) is 6.04 Å². The summed E-state index contributed by atoms with van der Waals surface area (Å²) in [5.41, 5.74) is 5.08. The standard InChI is InChI=1S/C6H10N2O.ClH/c7-6(9)5-2-3-1-4(3)8-5;/h3-5,8H,1-2H2,(H2,7,9);1H/t3-,4-,5-;/m0./s1. The zero-order chi connectivity index (χ0) is 6.43. The molecule has 1 aliphatic carbocycles. The summed E-state index contributed by atoms with van der Waals surface area (Å²) in [7, 11) is 0. The van der Waals surface area contributed by atoms with Gasteiger partial charge >= 0.3 is 0 Å². The van der Waals surface area contributed by atoms with E-state index in [4.69, 9.17) is 5.73 Å². The molecule has 0 bridgehead atoms. The largest absolute Gasteiger partial charge is 0.368 e. The van der Waals surface area contributed by atoms with E-state index in [1.165, 1.54) is 6.42 Å². The van der Waals surface area contributed by atoms with Crippen molar-refractivity contribution in [3.63, 3.8) is 0 Å². The molecule has 58 valence electrons. The average Bonchev–Trinajstić information content (AvgIpc) is 2.40. The highest BCUT2D eigenvalue weighted by Crippen LogP contribution is 2.40. The summed E-state index contributed by atoms with van der Waals surface area (Å²) in [6, 6.07) is 0.608. The number of carbonyl (C=O) groups is 1. The number of amides is 1.